The van der Waals surface area contributed by atoms with Crippen molar-refractivity contribution in [1.82, 2.24) is 0 Å². The molecule has 0 amide bonds. The number of carbonyl (C=O) groups is 2. The molecule has 208 valence electrons. The number of carbonyl (C=O) groups excluding carboxylic acids is 2. The summed E-state index contributed by atoms with van der Waals surface area (Å²) < 4.78 is 5.95. The van der Waals surface area contributed by atoms with E-state index < -0.39 is 18.2 Å². The van der Waals surface area contributed by atoms with Crippen molar-refractivity contribution in [3.05, 3.63) is 22.8 Å². The molecular formula is C31H49NO5. The SMILES string of the molecule is CC(=O)O[C@H]1C[C@@]2(C)[C@H](/C1=C(\CC=C(C)C)C(C)=O)[C@@H](N)[C@@H](O)[C@H]1[C@@]3(C)CC[C@@H](O)[C@@H](C)[C@@H]3CC[C@@]12C. The molecule has 0 unspecified atom stereocenters. The zero-order valence-corrected chi connectivity index (χ0v) is 24.1. The minimum atomic E-state index is -0.749. The fraction of sp³-hybridized carbons (Fsp3) is 0.806. The van der Waals surface area contributed by atoms with E-state index in [1.165, 1.54) is 6.92 Å². The first-order chi connectivity index (χ1) is 17.1. The quantitative estimate of drug-likeness (QED) is 0.284. The van der Waals surface area contributed by atoms with Crippen LogP contribution < -0.4 is 5.73 Å². The summed E-state index contributed by atoms with van der Waals surface area (Å²) in [5.41, 5.74) is 8.87. The lowest BCUT2D eigenvalue weighted by atomic mass is 9.36. The van der Waals surface area contributed by atoms with Gasteiger partial charge in [0.05, 0.1) is 12.2 Å². The molecule has 0 aromatic heterocycles. The maximum absolute atomic E-state index is 13.1. The van der Waals surface area contributed by atoms with Crippen LogP contribution in [0.4, 0.5) is 0 Å². The maximum atomic E-state index is 13.1. The molecule has 4 saturated carbocycles. The predicted molar refractivity (Wildman–Crippen MR) is 144 cm³/mol. The lowest BCUT2D eigenvalue weighted by Gasteiger charge is -2.70. The van der Waals surface area contributed by atoms with Crippen molar-refractivity contribution < 1.29 is 24.5 Å². The second-order valence-electron chi connectivity index (χ2n) is 13.8. The molecule has 0 aromatic rings. The minimum absolute atomic E-state index is 0.0337. The maximum Gasteiger partial charge on any atom is 0.303 e. The Morgan fingerprint density at radius 3 is 2.27 bits per heavy atom. The van der Waals surface area contributed by atoms with Gasteiger partial charge in [-0.25, -0.2) is 0 Å². The second-order valence-corrected chi connectivity index (χ2v) is 13.8. The molecule has 11 atom stereocenters. The van der Waals surface area contributed by atoms with Crippen LogP contribution in [0, 0.1) is 39.9 Å². The highest BCUT2D eigenvalue weighted by molar-refractivity contribution is 5.95. The van der Waals surface area contributed by atoms with Crippen LogP contribution in [0.2, 0.25) is 0 Å². The van der Waals surface area contributed by atoms with E-state index in [0.29, 0.717) is 24.3 Å². The van der Waals surface area contributed by atoms with E-state index in [4.69, 9.17) is 10.5 Å². The van der Waals surface area contributed by atoms with Gasteiger partial charge < -0.3 is 20.7 Å². The van der Waals surface area contributed by atoms with Crippen LogP contribution in [0.15, 0.2) is 22.8 Å². The lowest BCUT2D eigenvalue weighted by Crippen LogP contribution is -2.71. The number of rotatable bonds is 4. The van der Waals surface area contributed by atoms with Crippen LogP contribution in [0.1, 0.15) is 93.9 Å². The van der Waals surface area contributed by atoms with Crippen LogP contribution in [-0.2, 0) is 14.3 Å². The first-order valence-corrected chi connectivity index (χ1v) is 14.3. The van der Waals surface area contributed by atoms with Crippen molar-refractivity contribution in [2.45, 2.75) is 118 Å². The molecule has 4 aliphatic carbocycles. The summed E-state index contributed by atoms with van der Waals surface area (Å²) in [5, 5.41) is 22.8. The van der Waals surface area contributed by atoms with Crippen molar-refractivity contribution in [2.24, 2.45) is 45.7 Å². The topological polar surface area (TPSA) is 110 Å². The molecule has 4 N–H and O–H groups in total. The Morgan fingerprint density at radius 1 is 1.05 bits per heavy atom. The molecule has 6 nitrogen and oxygen atoms in total. The molecule has 0 heterocycles. The smallest absolute Gasteiger partial charge is 0.303 e. The van der Waals surface area contributed by atoms with Gasteiger partial charge in [-0.3, -0.25) is 9.59 Å². The summed E-state index contributed by atoms with van der Waals surface area (Å²) in [6, 6.07) is -0.572. The van der Waals surface area contributed by atoms with Gasteiger partial charge >= 0.3 is 5.97 Å². The molecule has 0 bridgehead atoms. The van der Waals surface area contributed by atoms with Gasteiger partial charge in [0.15, 0.2) is 5.78 Å². The summed E-state index contributed by atoms with van der Waals surface area (Å²) >= 11 is 0. The molecule has 4 rings (SSSR count). The summed E-state index contributed by atoms with van der Waals surface area (Å²) in [6.45, 7) is 16.1. The number of fused-ring (bicyclic) bond motifs is 5. The van der Waals surface area contributed by atoms with Crippen LogP contribution in [-0.4, -0.2) is 46.3 Å². The number of aliphatic hydroxyl groups excluding tert-OH is 2. The summed E-state index contributed by atoms with van der Waals surface area (Å²) in [7, 11) is 0. The van der Waals surface area contributed by atoms with Gasteiger partial charge in [-0.05, 0) is 98.9 Å². The van der Waals surface area contributed by atoms with E-state index in [9.17, 15) is 19.8 Å². The Hall–Kier alpha value is -1.50. The Kier molecular flexibility index (Phi) is 7.40. The van der Waals surface area contributed by atoms with E-state index in [1.54, 1.807) is 6.92 Å². The molecule has 0 aliphatic heterocycles. The van der Waals surface area contributed by atoms with Crippen molar-refractivity contribution in [1.29, 1.82) is 0 Å². The van der Waals surface area contributed by atoms with E-state index in [1.807, 2.05) is 19.9 Å². The predicted octanol–water partition coefficient (Wildman–Crippen LogP) is 4.72. The number of nitrogens with two attached hydrogens (primary N) is 1. The second kappa shape index (κ2) is 9.60. The number of Topliss-reactive ketones (excluding diaryl/α,β-unsaturated/α-hetero) is 1. The van der Waals surface area contributed by atoms with Gasteiger partial charge in [0.2, 0.25) is 0 Å². The molecule has 0 spiro atoms. The number of esters is 1. The first-order valence-electron chi connectivity index (χ1n) is 14.3. The van der Waals surface area contributed by atoms with E-state index in [2.05, 4.69) is 27.7 Å². The standard InChI is InChI=1S/C31H49NO5/c1-16(2)9-10-20(18(4)33)24-23(37-19(5)34)15-31(8)25(24)26(32)27(36)28-29(6)13-12-22(35)17(3)21(29)11-14-30(28,31)7/h9,17,21-23,25-28,35-36H,10-15,32H2,1-8H3/b24-20+/t17-,21-,22+,23-,25+,26+,27+,28-,29-,30-,31-/m0/s1. The average Bonchev–Trinajstić information content (AvgIpc) is 3.07. The Morgan fingerprint density at radius 2 is 1.70 bits per heavy atom. The molecule has 0 aromatic carbocycles. The summed E-state index contributed by atoms with van der Waals surface area (Å²) in [6.07, 6.45) is 5.04. The Labute approximate surface area is 223 Å². The van der Waals surface area contributed by atoms with E-state index >= 15 is 0 Å². The third-order valence-electron chi connectivity index (χ3n) is 11.6. The van der Waals surface area contributed by atoms with Gasteiger partial charge in [0.25, 0.3) is 0 Å². The fourth-order valence-electron chi connectivity index (χ4n) is 9.77. The highest BCUT2D eigenvalue weighted by Gasteiger charge is 2.72. The van der Waals surface area contributed by atoms with Gasteiger partial charge in [-0.15, -0.1) is 0 Å². The zero-order chi connectivity index (χ0) is 27.7. The van der Waals surface area contributed by atoms with E-state index in [-0.39, 0.29) is 51.9 Å². The lowest BCUT2D eigenvalue weighted by molar-refractivity contribution is -0.239. The number of ether oxygens (including phenoxy) is 1. The van der Waals surface area contributed by atoms with Gasteiger partial charge in [-0.2, -0.15) is 0 Å². The molecule has 0 radical (unpaired) electrons. The van der Waals surface area contributed by atoms with Crippen LogP contribution >= 0.6 is 0 Å². The van der Waals surface area contributed by atoms with Gasteiger partial charge in [0, 0.05) is 24.5 Å². The summed E-state index contributed by atoms with van der Waals surface area (Å²) in [4.78, 5) is 25.3. The monoisotopic (exact) mass is 515 g/mol. The minimum Gasteiger partial charge on any atom is -0.458 e. The van der Waals surface area contributed by atoms with Crippen LogP contribution in [0.3, 0.4) is 0 Å². The molecule has 4 fully saturated rings. The number of aliphatic hydroxyl groups is 2. The number of ketones is 1. The number of hydrogen-bond donors (Lipinski definition) is 3. The zero-order valence-electron chi connectivity index (χ0n) is 24.1. The van der Waals surface area contributed by atoms with Crippen molar-refractivity contribution in [2.75, 3.05) is 0 Å². The highest BCUT2D eigenvalue weighted by atomic mass is 16.5. The van der Waals surface area contributed by atoms with Crippen LogP contribution in [0.25, 0.3) is 0 Å². The van der Waals surface area contributed by atoms with Crippen molar-refractivity contribution >= 4 is 11.8 Å². The normalized spacial score (nSPS) is 48.3. The fourth-order valence-corrected chi connectivity index (χ4v) is 9.77. The Balaban J connectivity index is 1.90. The van der Waals surface area contributed by atoms with Gasteiger partial charge in [0.1, 0.15) is 6.10 Å². The number of hydrogen-bond acceptors (Lipinski definition) is 6. The molecule has 6 heteroatoms. The first kappa shape index (κ1) is 28.5. The third kappa shape index (κ3) is 4.17. The average molecular weight is 516 g/mol. The van der Waals surface area contributed by atoms with E-state index in [0.717, 1.165) is 36.8 Å². The molecule has 0 saturated heterocycles. The van der Waals surface area contributed by atoms with Crippen molar-refractivity contribution in [3.63, 3.8) is 0 Å². The molecular weight excluding hydrogens is 466 g/mol. The highest BCUT2D eigenvalue weighted by Crippen LogP contribution is 2.74. The van der Waals surface area contributed by atoms with Gasteiger partial charge in [-0.1, -0.05) is 39.3 Å². The largest absolute Gasteiger partial charge is 0.458 e. The Bertz CT molecular complexity index is 1010. The number of allylic oxidation sites excluding steroid dienone is 3. The molecule has 37 heavy (non-hydrogen) atoms. The summed E-state index contributed by atoms with van der Waals surface area (Å²) in [5.74, 6) is -0.198. The molecule has 4 aliphatic rings. The van der Waals surface area contributed by atoms with Crippen molar-refractivity contribution in [3.8, 4) is 0 Å². The van der Waals surface area contributed by atoms with Crippen LogP contribution in [0.5, 0.6) is 0 Å². The third-order valence-corrected chi connectivity index (χ3v) is 11.6.